The largest absolute Gasteiger partial charge is 0.461 e. The molecular weight excluding hydrogens is 743 g/mol. The van der Waals surface area contributed by atoms with Gasteiger partial charge in [0.05, 0.1) is 25.2 Å². The molecule has 1 amide bonds. The molecule has 0 bridgehead atoms. The van der Waals surface area contributed by atoms with Crippen molar-refractivity contribution >= 4 is 11.9 Å². The van der Waals surface area contributed by atoms with E-state index in [1.165, 1.54) is 77.0 Å². The van der Waals surface area contributed by atoms with E-state index in [0.717, 1.165) is 70.6 Å². The SMILES string of the molecule is CC/C=C/C=C/C=C\C=C/C=C/CC(CC(=O)NC(CO)C(O)CCCCCCCCCCCCCCCCC)OC(=O)CCCCCCC\C=C/C=C/C=C/C=C/CC. The molecule has 3 atom stereocenters. The number of allylic oxidation sites excluding steroid dienone is 17. The number of ether oxygens (including phenoxy) is 1. The van der Waals surface area contributed by atoms with E-state index >= 15 is 0 Å². The Bertz CT molecular complexity index is 1250. The van der Waals surface area contributed by atoms with Gasteiger partial charge in [0.15, 0.2) is 0 Å². The smallest absolute Gasteiger partial charge is 0.306 e. The lowest BCUT2D eigenvalue weighted by Crippen LogP contribution is -2.46. The lowest BCUT2D eigenvalue weighted by Gasteiger charge is -2.24. The second-order valence-electron chi connectivity index (χ2n) is 16.0. The molecule has 0 spiro atoms. The summed E-state index contributed by atoms with van der Waals surface area (Å²) < 4.78 is 5.81. The molecule has 0 radical (unpaired) electrons. The molecule has 0 saturated carbocycles. The third kappa shape index (κ3) is 41.3. The predicted molar refractivity (Wildman–Crippen MR) is 259 cm³/mol. The van der Waals surface area contributed by atoms with Crippen molar-refractivity contribution in [2.24, 2.45) is 0 Å². The van der Waals surface area contributed by atoms with Gasteiger partial charge in [-0.2, -0.15) is 0 Å². The molecule has 0 aromatic rings. The molecule has 3 N–H and O–H groups in total. The van der Waals surface area contributed by atoms with E-state index in [1.807, 2.05) is 79.0 Å². The van der Waals surface area contributed by atoms with Crippen molar-refractivity contribution in [2.75, 3.05) is 6.61 Å². The highest BCUT2D eigenvalue weighted by atomic mass is 16.5. The van der Waals surface area contributed by atoms with Gasteiger partial charge in [0.25, 0.3) is 0 Å². The van der Waals surface area contributed by atoms with Crippen LogP contribution in [0.15, 0.2) is 109 Å². The lowest BCUT2D eigenvalue weighted by atomic mass is 10.0. The third-order valence-electron chi connectivity index (χ3n) is 10.3. The Hall–Kier alpha value is -3.48. The second-order valence-corrected chi connectivity index (χ2v) is 16.0. The van der Waals surface area contributed by atoms with Crippen molar-refractivity contribution < 1.29 is 24.5 Å². The van der Waals surface area contributed by atoms with Gasteiger partial charge in [-0.25, -0.2) is 0 Å². The Balaban J connectivity index is 4.71. The summed E-state index contributed by atoms with van der Waals surface area (Å²) >= 11 is 0. The number of carbonyl (C=O) groups is 2. The fraction of sp³-hybridized carbons (Fsp3) is 0.630. The average Bonchev–Trinajstić information content (AvgIpc) is 3.24. The number of esters is 1. The molecule has 0 rings (SSSR count). The summed E-state index contributed by atoms with van der Waals surface area (Å²) in [5.41, 5.74) is 0. The Morgan fingerprint density at radius 2 is 0.933 bits per heavy atom. The maximum absolute atomic E-state index is 13.1. The summed E-state index contributed by atoms with van der Waals surface area (Å²) in [6.45, 7) is 6.14. The summed E-state index contributed by atoms with van der Waals surface area (Å²) in [6, 6.07) is -0.751. The summed E-state index contributed by atoms with van der Waals surface area (Å²) in [5, 5.41) is 23.7. The Morgan fingerprint density at radius 1 is 0.517 bits per heavy atom. The Labute approximate surface area is 368 Å². The van der Waals surface area contributed by atoms with Gasteiger partial charge in [0.2, 0.25) is 5.91 Å². The van der Waals surface area contributed by atoms with Gasteiger partial charge in [-0.1, -0.05) is 246 Å². The van der Waals surface area contributed by atoms with E-state index in [2.05, 4.69) is 56.5 Å². The monoisotopic (exact) mass is 832 g/mol. The topological polar surface area (TPSA) is 95.9 Å². The molecule has 0 fully saturated rings. The van der Waals surface area contributed by atoms with E-state index in [4.69, 9.17) is 4.74 Å². The number of hydrogen-bond acceptors (Lipinski definition) is 5. The van der Waals surface area contributed by atoms with Crippen molar-refractivity contribution in [2.45, 2.75) is 212 Å². The fourth-order valence-corrected chi connectivity index (χ4v) is 6.70. The molecule has 6 nitrogen and oxygen atoms in total. The van der Waals surface area contributed by atoms with E-state index in [-0.39, 0.29) is 24.9 Å². The maximum Gasteiger partial charge on any atom is 0.306 e. The molecule has 0 heterocycles. The summed E-state index contributed by atoms with van der Waals surface area (Å²) in [7, 11) is 0. The highest BCUT2D eigenvalue weighted by Gasteiger charge is 2.23. The highest BCUT2D eigenvalue weighted by Crippen LogP contribution is 2.16. The molecular formula is C54H89NO5. The number of aliphatic hydroxyl groups excluding tert-OH is 2. The standard InChI is InChI=1S/C54H89NO5/c1-4-7-10-13-16-19-22-24-26-28-31-34-37-40-43-46-52(57)51(49-56)55-53(58)48-50(45-42-39-36-33-30-21-18-15-12-9-6-3)60-54(59)47-44-41-38-35-32-29-27-25-23-20-17-14-11-8-5-2/h8-9,11-12,14-15,17-18,20-21,23,25,27,30,33,36,39,42,50-52,56-57H,4-7,10,13,16,19,22,24,26,28-29,31-32,34-35,37-38,40-41,43-49H2,1-3H3,(H,55,58)/b11-8+,12-9+,17-14+,18-15+,23-20+,27-25-,30-21-,36-33-,42-39+. The van der Waals surface area contributed by atoms with Gasteiger partial charge in [0.1, 0.15) is 6.10 Å². The van der Waals surface area contributed by atoms with E-state index < -0.39 is 18.2 Å². The second kappa shape index (κ2) is 46.6. The van der Waals surface area contributed by atoms with Crippen LogP contribution in [0.5, 0.6) is 0 Å². The van der Waals surface area contributed by atoms with Crippen LogP contribution in [0.1, 0.15) is 194 Å². The molecule has 60 heavy (non-hydrogen) atoms. The first-order chi connectivity index (χ1) is 29.5. The molecule has 0 aliphatic carbocycles. The maximum atomic E-state index is 13.1. The quantitative estimate of drug-likeness (QED) is 0.0324. The first kappa shape index (κ1) is 56.5. The number of amides is 1. The molecule has 0 saturated heterocycles. The number of hydrogen-bond donors (Lipinski definition) is 3. The van der Waals surface area contributed by atoms with Crippen molar-refractivity contribution in [3.8, 4) is 0 Å². The van der Waals surface area contributed by atoms with Crippen LogP contribution in [0.3, 0.4) is 0 Å². The zero-order valence-electron chi connectivity index (χ0n) is 38.5. The third-order valence-corrected chi connectivity index (χ3v) is 10.3. The predicted octanol–water partition coefficient (Wildman–Crippen LogP) is 14.3. The van der Waals surface area contributed by atoms with Crippen LogP contribution in [0.25, 0.3) is 0 Å². The molecule has 6 heteroatoms. The Morgan fingerprint density at radius 3 is 1.42 bits per heavy atom. The summed E-state index contributed by atoms with van der Waals surface area (Å²) in [4.78, 5) is 26.0. The van der Waals surface area contributed by atoms with Crippen LogP contribution < -0.4 is 5.32 Å². The number of unbranched alkanes of at least 4 members (excludes halogenated alkanes) is 19. The zero-order valence-corrected chi connectivity index (χ0v) is 38.5. The summed E-state index contributed by atoms with van der Waals surface area (Å²) in [5.74, 6) is -0.646. The van der Waals surface area contributed by atoms with Gasteiger partial charge in [0, 0.05) is 12.8 Å². The first-order valence-corrected chi connectivity index (χ1v) is 24.2. The molecule has 0 aromatic carbocycles. The zero-order chi connectivity index (χ0) is 43.8. The van der Waals surface area contributed by atoms with Gasteiger partial charge in [-0.3, -0.25) is 9.59 Å². The van der Waals surface area contributed by atoms with Gasteiger partial charge < -0.3 is 20.3 Å². The van der Waals surface area contributed by atoms with Crippen LogP contribution in [0, 0.1) is 0 Å². The van der Waals surface area contributed by atoms with Crippen molar-refractivity contribution in [3.63, 3.8) is 0 Å². The van der Waals surface area contributed by atoms with Crippen LogP contribution >= 0.6 is 0 Å². The van der Waals surface area contributed by atoms with Crippen molar-refractivity contribution in [1.29, 1.82) is 0 Å². The highest BCUT2D eigenvalue weighted by molar-refractivity contribution is 5.77. The normalized spacial score (nSPS) is 14.3. The number of nitrogens with one attached hydrogen (secondary N) is 1. The fourth-order valence-electron chi connectivity index (χ4n) is 6.70. The van der Waals surface area contributed by atoms with Crippen molar-refractivity contribution in [1.82, 2.24) is 5.32 Å². The van der Waals surface area contributed by atoms with Crippen LogP contribution in [0.2, 0.25) is 0 Å². The number of aliphatic hydroxyl groups is 2. The van der Waals surface area contributed by atoms with Crippen molar-refractivity contribution in [3.05, 3.63) is 109 Å². The Kier molecular flexibility index (Phi) is 43.9. The van der Waals surface area contributed by atoms with Crippen LogP contribution in [-0.4, -0.2) is 46.9 Å². The average molecular weight is 832 g/mol. The van der Waals surface area contributed by atoms with Gasteiger partial charge >= 0.3 is 5.97 Å². The van der Waals surface area contributed by atoms with E-state index in [9.17, 15) is 19.8 Å². The summed E-state index contributed by atoms with van der Waals surface area (Å²) in [6.07, 6.45) is 63.1. The van der Waals surface area contributed by atoms with E-state index in [0.29, 0.717) is 19.3 Å². The number of rotatable bonds is 41. The number of carbonyl (C=O) groups excluding carboxylic acids is 2. The minimum atomic E-state index is -0.828. The first-order valence-electron chi connectivity index (χ1n) is 24.2. The lowest BCUT2D eigenvalue weighted by molar-refractivity contribution is -0.150. The van der Waals surface area contributed by atoms with Crippen LogP contribution in [0.4, 0.5) is 0 Å². The molecule has 0 aromatic heterocycles. The van der Waals surface area contributed by atoms with Gasteiger partial charge in [-0.05, 0) is 38.5 Å². The molecule has 0 aliphatic rings. The van der Waals surface area contributed by atoms with Gasteiger partial charge in [-0.15, -0.1) is 0 Å². The molecule has 0 aliphatic heterocycles. The minimum Gasteiger partial charge on any atom is -0.461 e. The minimum absolute atomic E-state index is 0.0349. The van der Waals surface area contributed by atoms with Crippen LogP contribution in [-0.2, 0) is 14.3 Å². The molecule has 3 unspecified atom stereocenters. The molecule has 340 valence electrons. The van der Waals surface area contributed by atoms with E-state index in [1.54, 1.807) is 0 Å².